The molecule has 0 bridgehead atoms. The first-order valence-corrected chi connectivity index (χ1v) is 7.19. The Hall–Kier alpha value is -0.300. The normalized spacial score (nSPS) is 19.9. The molecule has 0 spiro atoms. The number of rotatable bonds is 4. The second kappa shape index (κ2) is 9.58. The van der Waals surface area contributed by atoms with E-state index in [0.717, 1.165) is 58.2 Å². The predicted molar refractivity (Wildman–Crippen MR) is 90.3 cm³/mol. The van der Waals surface area contributed by atoms with E-state index >= 15 is 0 Å². The largest absolute Gasteiger partial charge is 0.377 e. The highest BCUT2D eigenvalue weighted by Gasteiger charge is 2.15. The summed E-state index contributed by atoms with van der Waals surface area (Å²) in [5.41, 5.74) is 1.50. The minimum absolute atomic E-state index is 0. The maximum absolute atomic E-state index is 5.31. The third kappa shape index (κ3) is 5.69. The molecule has 0 aromatic heterocycles. The van der Waals surface area contributed by atoms with Crippen LogP contribution in [0.15, 0.2) is 16.6 Å². The van der Waals surface area contributed by atoms with Crippen molar-refractivity contribution < 1.29 is 4.74 Å². The highest BCUT2D eigenvalue weighted by molar-refractivity contribution is 14.0. The van der Waals surface area contributed by atoms with Crippen molar-refractivity contribution in [3.05, 3.63) is 11.6 Å². The van der Waals surface area contributed by atoms with Gasteiger partial charge >= 0.3 is 0 Å². The van der Waals surface area contributed by atoms with Crippen LogP contribution in [0.2, 0.25) is 0 Å². The topological polar surface area (TPSA) is 36.9 Å². The lowest BCUT2D eigenvalue weighted by atomic mass is 10.1. The second-order valence-corrected chi connectivity index (χ2v) is 4.87. The number of likely N-dealkylation sites (tertiary alicyclic amines) is 1. The quantitative estimate of drug-likeness (QED) is 0.353. The number of ether oxygens (including phenoxy) is 1. The molecule has 4 nitrogen and oxygen atoms in total. The van der Waals surface area contributed by atoms with Crippen LogP contribution in [-0.2, 0) is 4.74 Å². The summed E-state index contributed by atoms with van der Waals surface area (Å²) in [4.78, 5) is 7.12. The third-order valence-electron chi connectivity index (χ3n) is 3.49. The van der Waals surface area contributed by atoms with Gasteiger partial charge in [-0.15, -0.1) is 24.0 Å². The van der Waals surface area contributed by atoms with E-state index in [4.69, 9.17) is 9.73 Å². The van der Waals surface area contributed by atoms with Crippen LogP contribution >= 0.6 is 24.0 Å². The van der Waals surface area contributed by atoms with Crippen molar-refractivity contribution in [3.63, 3.8) is 0 Å². The zero-order chi connectivity index (χ0) is 12.6. The molecule has 2 rings (SSSR count). The summed E-state index contributed by atoms with van der Waals surface area (Å²) in [6.07, 6.45) is 6.96. The summed E-state index contributed by atoms with van der Waals surface area (Å²) in [6.45, 7) is 7.95. The van der Waals surface area contributed by atoms with Crippen molar-refractivity contribution in [1.29, 1.82) is 0 Å². The van der Waals surface area contributed by atoms with Gasteiger partial charge in [-0.05, 0) is 32.6 Å². The van der Waals surface area contributed by atoms with Crippen molar-refractivity contribution in [2.24, 2.45) is 4.99 Å². The number of hydrogen-bond donors (Lipinski definition) is 1. The van der Waals surface area contributed by atoms with Crippen LogP contribution in [-0.4, -0.2) is 50.3 Å². The van der Waals surface area contributed by atoms with Gasteiger partial charge in [0.05, 0.1) is 13.2 Å². The molecule has 0 aromatic rings. The van der Waals surface area contributed by atoms with Crippen LogP contribution in [0.1, 0.15) is 32.6 Å². The number of nitrogens with one attached hydrogen (secondary N) is 1. The Balaban J connectivity index is 0.00000180. The van der Waals surface area contributed by atoms with Crippen LogP contribution in [0.3, 0.4) is 0 Å². The zero-order valence-corrected chi connectivity index (χ0v) is 14.2. The Morgan fingerprint density at radius 1 is 1.42 bits per heavy atom. The molecule has 19 heavy (non-hydrogen) atoms. The van der Waals surface area contributed by atoms with E-state index in [9.17, 15) is 0 Å². The second-order valence-electron chi connectivity index (χ2n) is 4.87. The molecule has 0 unspecified atom stereocenters. The van der Waals surface area contributed by atoms with Crippen LogP contribution in [0.5, 0.6) is 0 Å². The van der Waals surface area contributed by atoms with Crippen molar-refractivity contribution in [3.8, 4) is 0 Å². The Kier molecular flexibility index (Phi) is 8.45. The molecule has 2 aliphatic heterocycles. The lowest BCUT2D eigenvalue weighted by molar-refractivity contribution is 0.153. The van der Waals surface area contributed by atoms with E-state index in [-0.39, 0.29) is 24.0 Å². The van der Waals surface area contributed by atoms with Gasteiger partial charge < -0.3 is 15.0 Å². The Morgan fingerprint density at radius 2 is 2.21 bits per heavy atom. The maximum Gasteiger partial charge on any atom is 0.193 e. The average Bonchev–Trinajstić information content (AvgIpc) is 2.93. The fraction of sp³-hybridized carbons (Fsp3) is 0.786. The van der Waals surface area contributed by atoms with Gasteiger partial charge in [0.25, 0.3) is 0 Å². The number of aliphatic imine (C=N–C) groups is 1. The van der Waals surface area contributed by atoms with E-state index in [1.165, 1.54) is 18.4 Å². The molecule has 0 amide bonds. The van der Waals surface area contributed by atoms with E-state index in [2.05, 4.69) is 23.2 Å². The SMILES string of the molecule is CCNC(=NCCC1=CCOCC1)N1CCCC1.I. The molecular weight excluding hydrogens is 353 g/mol. The van der Waals surface area contributed by atoms with Gasteiger partial charge in [-0.1, -0.05) is 11.6 Å². The summed E-state index contributed by atoms with van der Waals surface area (Å²) in [5.74, 6) is 1.10. The molecule has 0 aliphatic carbocycles. The molecule has 2 heterocycles. The van der Waals surface area contributed by atoms with Crippen molar-refractivity contribution >= 4 is 29.9 Å². The molecular formula is C14H26IN3O. The Morgan fingerprint density at radius 3 is 2.84 bits per heavy atom. The minimum Gasteiger partial charge on any atom is -0.377 e. The van der Waals surface area contributed by atoms with E-state index in [0.29, 0.717) is 0 Å². The first kappa shape index (κ1) is 16.8. The highest BCUT2D eigenvalue weighted by atomic mass is 127. The number of hydrogen-bond acceptors (Lipinski definition) is 2. The summed E-state index contributed by atoms with van der Waals surface area (Å²) in [5, 5.41) is 3.39. The molecule has 2 aliphatic rings. The lowest BCUT2D eigenvalue weighted by Crippen LogP contribution is -2.39. The van der Waals surface area contributed by atoms with Gasteiger partial charge in [-0.2, -0.15) is 0 Å². The van der Waals surface area contributed by atoms with E-state index < -0.39 is 0 Å². The third-order valence-corrected chi connectivity index (χ3v) is 3.49. The van der Waals surface area contributed by atoms with Crippen LogP contribution < -0.4 is 5.32 Å². The highest BCUT2D eigenvalue weighted by Crippen LogP contribution is 2.12. The lowest BCUT2D eigenvalue weighted by Gasteiger charge is -2.21. The molecule has 110 valence electrons. The van der Waals surface area contributed by atoms with Crippen molar-refractivity contribution in [2.45, 2.75) is 32.6 Å². The summed E-state index contributed by atoms with van der Waals surface area (Å²) < 4.78 is 5.31. The molecule has 0 radical (unpaired) electrons. The predicted octanol–water partition coefficient (Wildman–Crippen LogP) is 2.40. The molecule has 0 aromatic carbocycles. The van der Waals surface area contributed by atoms with Gasteiger partial charge in [0.2, 0.25) is 0 Å². The first-order valence-electron chi connectivity index (χ1n) is 7.19. The summed E-state index contributed by atoms with van der Waals surface area (Å²) in [7, 11) is 0. The van der Waals surface area contributed by atoms with Gasteiger partial charge in [0.15, 0.2) is 5.96 Å². The number of guanidine groups is 1. The first-order chi connectivity index (χ1) is 8.90. The standard InChI is InChI=1S/C14H25N3O.HI/c1-2-15-14(17-9-3-4-10-17)16-8-5-13-6-11-18-12-7-13;/h6H,2-5,7-12H2,1H3,(H,15,16);1H. The van der Waals surface area contributed by atoms with Gasteiger partial charge in [-0.3, -0.25) is 4.99 Å². The Bertz CT molecular complexity index is 312. The number of nitrogens with zero attached hydrogens (tertiary/aromatic N) is 2. The van der Waals surface area contributed by atoms with Gasteiger partial charge in [-0.25, -0.2) is 0 Å². The molecule has 0 atom stereocenters. The number of halogens is 1. The smallest absolute Gasteiger partial charge is 0.193 e. The molecule has 0 saturated carbocycles. The van der Waals surface area contributed by atoms with E-state index in [1.807, 2.05) is 0 Å². The van der Waals surface area contributed by atoms with Gasteiger partial charge in [0, 0.05) is 26.2 Å². The maximum atomic E-state index is 5.31. The van der Waals surface area contributed by atoms with Crippen LogP contribution in [0, 0.1) is 0 Å². The Labute approximate surface area is 133 Å². The average molecular weight is 379 g/mol. The molecule has 1 N–H and O–H groups in total. The minimum atomic E-state index is 0. The summed E-state index contributed by atoms with van der Waals surface area (Å²) >= 11 is 0. The molecule has 5 heteroatoms. The van der Waals surface area contributed by atoms with Crippen LogP contribution in [0.25, 0.3) is 0 Å². The monoisotopic (exact) mass is 379 g/mol. The zero-order valence-electron chi connectivity index (χ0n) is 11.9. The van der Waals surface area contributed by atoms with Crippen LogP contribution in [0.4, 0.5) is 0 Å². The molecule has 1 saturated heterocycles. The summed E-state index contributed by atoms with van der Waals surface area (Å²) in [6, 6.07) is 0. The molecule has 1 fully saturated rings. The fourth-order valence-corrected chi connectivity index (χ4v) is 2.45. The van der Waals surface area contributed by atoms with Crippen molar-refractivity contribution in [2.75, 3.05) is 39.4 Å². The van der Waals surface area contributed by atoms with Crippen molar-refractivity contribution in [1.82, 2.24) is 10.2 Å². The van der Waals surface area contributed by atoms with Gasteiger partial charge in [0.1, 0.15) is 0 Å². The fourth-order valence-electron chi connectivity index (χ4n) is 2.45. The van der Waals surface area contributed by atoms with E-state index in [1.54, 1.807) is 0 Å².